The second-order valence-electron chi connectivity index (χ2n) is 12.2. The summed E-state index contributed by atoms with van der Waals surface area (Å²) in [7, 11) is 0. The van der Waals surface area contributed by atoms with Crippen LogP contribution in [-0.2, 0) is 9.59 Å². The summed E-state index contributed by atoms with van der Waals surface area (Å²) in [6.45, 7) is 8.91. The lowest BCUT2D eigenvalue weighted by atomic mass is 9.84. The molecule has 0 spiro atoms. The molecule has 1 saturated carbocycles. The zero-order valence-electron chi connectivity index (χ0n) is 23.2. The summed E-state index contributed by atoms with van der Waals surface area (Å²) in [6.07, 6.45) is 4.85. The minimum absolute atomic E-state index is 0.301. The number of alkyl halides is 3. The molecule has 1 aliphatic carbocycles. The monoisotopic (exact) mass is 553 g/mol. The number of primary amides is 1. The van der Waals surface area contributed by atoms with Gasteiger partial charge < -0.3 is 15.7 Å². The number of carboxylic acids is 1. The maximum Gasteiger partial charge on any atom is 0.490 e. The molecule has 2 saturated heterocycles. The van der Waals surface area contributed by atoms with E-state index in [2.05, 4.69) is 15.9 Å². The molecule has 1 aromatic rings. The van der Waals surface area contributed by atoms with Crippen LogP contribution in [0.5, 0.6) is 0 Å². The van der Waals surface area contributed by atoms with Crippen molar-refractivity contribution in [2.75, 3.05) is 19.6 Å². The highest BCUT2D eigenvalue weighted by atomic mass is 19.4. The van der Waals surface area contributed by atoms with Gasteiger partial charge in [0.15, 0.2) is 0 Å². The lowest BCUT2D eigenvalue weighted by molar-refractivity contribution is -0.192. The van der Waals surface area contributed by atoms with E-state index in [0.29, 0.717) is 35.4 Å². The topological polar surface area (TPSA) is 104 Å². The molecule has 3 aliphatic rings. The highest BCUT2D eigenvalue weighted by molar-refractivity contribution is 5.92. The van der Waals surface area contributed by atoms with E-state index in [0.717, 1.165) is 32.5 Å². The Balaban J connectivity index is 0.000000532. The summed E-state index contributed by atoms with van der Waals surface area (Å²) in [5.41, 5.74) is 7.04. The fourth-order valence-electron chi connectivity index (χ4n) is 6.35. The number of nitrogens with zero attached hydrogens (tertiary/aromatic N) is 2. The molecule has 3 fully saturated rings. The molecule has 218 valence electrons. The van der Waals surface area contributed by atoms with Crippen molar-refractivity contribution < 1.29 is 32.7 Å². The third-order valence-electron chi connectivity index (χ3n) is 8.28. The number of fused-ring (bicyclic) bond motifs is 2. The van der Waals surface area contributed by atoms with E-state index in [1.165, 1.54) is 44.1 Å². The number of carbonyl (C=O) groups is 3. The van der Waals surface area contributed by atoms with Crippen molar-refractivity contribution in [2.24, 2.45) is 17.1 Å². The van der Waals surface area contributed by atoms with Crippen molar-refractivity contribution in [1.29, 1.82) is 0 Å². The third kappa shape index (κ3) is 8.43. The van der Waals surface area contributed by atoms with Crippen molar-refractivity contribution >= 4 is 17.8 Å². The van der Waals surface area contributed by atoms with Gasteiger partial charge in [-0.25, -0.2) is 4.79 Å². The fourth-order valence-corrected chi connectivity index (χ4v) is 6.35. The van der Waals surface area contributed by atoms with E-state index in [9.17, 15) is 22.8 Å². The number of nitrogens with two attached hydrogens (primary N) is 1. The first-order valence-electron chi connectivity index (χ1n) is 13.9. The standard InChI is InChI=1S/C27H41N3O2.C2HF3O2/c1-27(2,3)26(32)29(18-19-7-4-5-8-19)13-14-30-23-11-12-24(30)17-22(16-23)20-9-6-10-21(15-20)25(28)31;3-2(4,5)1(6)7/h6,9-10,15,19,22-24H,4-5,7-8,11-14,16-18H2,1-3H3,(H2,28,31);(H,6,7)/t22?,23-,24+;. The second-order valence-corrected chi connectivity index (χ2v) is 12.2. The molecule has 3 atom stereocenters. The van der Waals surface area contributed by atoms with Crippen LogP contribution in [0.1, 0.15) is 94.0 Å². The van der Waals surface area contributed by atoms with Crippen LogP contribution in [0.2, 0.25) is 0 Å². The number of benzene rings is 1. The van der Waals surface area contributed by atoms with Crippen LogP contribution >= 0.6 is 0 Å². The number of carbonyl (C=O) groups excluding carboxylic acids is 2. The van der Waals surface area contributed by atoms with Gasteiger partial charge in [0.25, 0.3) is 0 Å². The number of piperidine rings is 1. The van der Waals surface area contributed by atoms with Gasteiger partial charge in [-0.3, -0.25) is 14.5 Å². The van der Waals surface area contributed by atoms with Crippen molar-refractivity contribution in [3.8, 4) is 0 Å². The smallest absolute Gasteiger partial charge is 0.475 e. The summed E-state index contributed by atoms with van der Waals surface area (Å²) < 4.78 is 31.7. The molecule has 1 aromatic carbocycles. The number of aliphatic carboxylic acids is 1. The van der Waals surface area contributed by atoms with E-state index in [4.69, 9.17) is 15.6 Å². The van der Waals surface area contributed by atoms with Gasteiger partial charge in [0.05, 0.1) is 0 Å². The Labute approximate surface area is 228 Å². The summed E-state index contributed by atoms with van der Waals surface area (Å²) in [5.74, 6) is -1.63. The molecule has 1 unspecified atom stereocenters. The van der Waals surface area contributed by atoms with Crippen molar-refractivity contribution in [3.63, 3.8) is 0 Å². The Kier molecular flexibility index (Phi) is 10.1. The first kappa shape index (κ1) is 30.9. The fraction of sp³-hybridized carbons (Fsp3) is 0.690. The molecular weight excluding hydrogens is 511 g/mol. The number of amides is 2. The van der Waals surface area contributed by atoms with Crippen LogP contribution in [0, 0.1) is 11.3 Å². The first-order valence-corrected chi connectivity index (χ1v) is 13.9. The van der Waals surface area contributed by atoms with Crippen LogP contribution < -0.4 is 5.73 Å². The maximum absolute atomic E-state index is 13.2. The van der Waals surface area contributed by atoms with Crippen molar-refractivity contribution in [2.45, 2.75) is 96.3 Å². The lowest BCUT2D eigenvalue weighted by Crippen LogP contribution is -2.49. The number of hydrogen-bond donors (Lipinski definition) is 2. The molecule has 2 aliphatic heterocycles. The van der Waals surface area contributed by atoms with Gasteiger partial charge in [-0.1, -0.05) is 45.7 Å². The highest BCUT2D eigenvalue weighted by Crippen LogP contribution is 2.43. The van der Waals surface area contributed by atoms with Gasteiger partial charge >= 0.3 is 12.1 Å². The summed E-state index contributed by atoms with van der Waals surface area (Å²) in [6, 6.07) is 9.07. The SMILES string of the molecule is CC(C)(C)C(=O)N(CCN1[C@@H]2CC[C@H]1CC(c1cccc(C(N)=O)c1)C2)CC1CCCC1.O=C(O)C(F)(F)F. The van der Waals surface area contributed by atoms with Gasteiger partial charge in [0.1, 0.15) is 0 Å². The van der Waals surface area contributed by atoms with Crippen LogP contribution in [0.3, 0.4) is 0 Å². The molecule has 0 radical (unpaired) electrons. The molecule has 3 N–H and O–H groups in total. The van der Waals surface area contributed by atoms with E-state index >= 15 is 0 Å². The average Bonchev–Trinajstić information content (AvgIpc) is 3.45. The minimum atomic E-state index is -5.08. The summed E-state index contributed by atoms with van der Waals surface area (Å²) in [4.78, 5) is 38.6. The molecule has 0 aromatic heterocycles. The number of hydrogen-bond acceptors (Lipinski definition) is 4. The molecule has 10 heteroatoms. The van der Waals surface area contributed by atoms with Gasteiger partial charge in [-0.2, -0.15) is 13.2 Å². The summed E-state index contributed by atoms with van der Waals surface area (Å²) >= 11 is 0. The Bertz CT molecular complexity index is 1000. The molecule has 2 bridgehead atoms. The van der Waals surface area contributed by atoms with Gasteiger partial charge in [-0.15, -0.1) is 0 Å². The van der Waals surface area contributed by atoms with Crippen molar-refractivity contribution in [1.82, 2.24) is 9.80 Å². The quantitative estimate of drug-likeness (QED) is 0.484. The van der Waals surface area contributed by atoms with Crippen LogP contribution in [0.15, 0.2) is 24.3 Å². The normalized spacial score (nSPS) is 23.7. The van der Waals surface area contributed by atoms with Crippen LogP contribution in [0.25, 0.3) is 0 Å². The van der Waals surface area contributed by atoms with Gasteiger partial charge in [-0.05, 0) is 68.1 Å². The molecule has 2 amide bonds. The Morgan fingerprint density at radius 1 is 1.03 bits per heavy atom. The zero-order chi connectivity index (χ0) is 29.0. The minimum Gasteiger partial charge on any atom is -0.475 e. The zero-order valence-corrected chi connectivity index (χ0v) is 23.2. The second kappa shape index (κ2) is 12.7. The Hall–Kier alpha value is -2.62. The Morgan fingerprint density at radius 3 is 2.08 bits per heavy atom. The average molecular weight is 554 g/mol. The van der Waals surface area contributed by atoms with E-state index in [1.54, 1.807) is 6.07 Å². The first-order chi connectivity index (χ1) is 18.2. The molecule has 4 rings (SSSR count). The van der Waals surface area contributed by atoms with Gasteiger partial charge in [0, 0.05) is 42.7 Å². The predicted molar refractivity (Wildman–Crippen MR) is 142 cm³/mol. The van der Waals surface area contributed by atoms with Crippen molar-refractivity contribution in [3.05, 3.63) is 35.4 Å². The summed E-state index contributed by atoms with van der Waals surface area (Å²) in [5, 5.41) is 7.12. The van der Waals surface area contributed by atoms with E-state index in [1.807, 2.05) is 32.9 Å². The number of rotatable bonds is 7. The molecule has 39 heavy (non-hydrogen) atoms. The lowest BCUT2D eigenvalue weighted by Gasteiger charge is -2.41. The van der Waals surface area contributed by atoms with Crippen LogP contribution in [0.4, 0.5) is 13.2 Å². The third-order valence-corrected chi connectivity index (χ3v) is 8.28. The number of halogens is 3. The largest absolute Gasteiger partial charge is 0.490 e. The van der Waals surface area contributed by atoms with E-state index in [-0.39, 0.29) is 11.3 Å². The molecular formula is C29H42F3N3O4. The molecule has 7 nitrogen and oxygen atoms in total. The highest BCUT2D eigenvalue weighted by Gasteiger charge is 2.41. The van der Waals surface area contributed by atoms with Gasteiger partial charge in [0.2, 0.25) is 11.8 Å². The van der Waals surface area contributed by atoms with E-state index < -0.39 is 12.1 Å². The van der Waals surface area contributed by atoms with Crippen LogP contribution in [-0.4, -0.2) is 70.6 Å². The molecule has 2 heterocycles. The Morgan fingerprint density at radius 2 is 1.59 bits per heavy atom. The maximum atomic E-state index is 13.2. The predicted octanol–water partition coefficient (Wildman–Crippen LogP) is 5.19. The number of carboxylic acid groups (broad SMARTS) is 1.